The zero-order valence-corrected chi connectivity index (χ0v) is 19.0. The van der Waals surface area contributed by atoms with Gasteiger partial charge in [-0.3, -0.25) is 9.59 Å². The van der Waals surface area contributed by atoms with Gasteiger partial charge in [-0.05, 0) is 97.0 Å². The number of likely N-dealkylation sites (tertiary alicyclic amines) is 1. The number of hydrogen-bond donors (Lipinski definition) is 2. The van der Waals surface area contributed by atoms with Crippen LogP contribution in [0.25, 0.3) is 0 Å². The molecule has 2 aromatic rings. The summed E-state index contributed by atoms with van der Waals surface area (Å²) in [7, 11) is 0. The number of carbonyl (C=O) groups is 2. The predicted molar refractivity (Wildman–Crippen MR) is 122 cm³/mol. The van der Waals surface area contributed by atoms with Crippen LogP contribution in [0.1, 0.15) is 48.7 Å². The lowest BCUT2D eigenvalue weighted by Crippen LogP contribution is -2.34. The van der Waals surface area contributed by atoms with Crippen LogP contribution in [0.3, 0.4) is 0 Å². The zero-order valence-electron chi connectivity index (χ0n) is 17.5. The lowest BCUT2D eigenvalue weighted by molar-refractivity contribution is -0.120. The third-order valence-corrected chi connectivity index (χ3v) is 5.90. The molecule has 0 aliphatic carbocycles. The highest BCUT2D eigenvalue weighted by molar-refractivity contribution is 9.10. The molecule has 0 unspecified atom stereocenters. The Labute approximate surface area is 186 Å². The molecule has 2 N–H and O–H groups in total. The van der Waals surface area contributed by atoms with Gasteiger partial charge >= 0.3 is 0 Å². The second-order valence-electron chi connectivity index (χ2n) is 8.01. The van der Waals surface area contributed by atoms with Crippen LogP contribution in [0.15, 0.2) is 45.5 Å². The maximum atomic E-state index is 12.2. The Morgan fingerprint density at radius 1 is 1.10 bits per heavy atom. The third kappa shape index (κ3) is 7.29. The Hall–Kier alpha value is -2.12. The van der Waals surface area contributed by atoms with Crippen molar-refractivity contribution >= 4 is 33.4 Å². The molecule has 2 amide bonds. The average molecular weight is 476 g/mol. The van der Waals surface area contributed by atoms with Crippen molar-refractivity contribution in [3.63, 3.8) is 0 Å². The fourth-order valence-corrected chi connectivity index (χ4v) is 3.86. The molecule has 0 spiro atoms. The van der Waals surface area contributed by atoms with Crippen LogP contribution in [0, 0.1) is 5.92 Å². The van der Waals surface area contributed by atoms with Crippen molar-refractivity contribution < 1.29 is 14.0 Å². The SMILES string of the molecule is CC1CCN(CCCCNC(=O)Cc2ccc(NC(=O)c3ccc(Br)o3)cc2)CC1. The highest BCUT2D eigenvalue weighted by Gasteiger charge is 2.15. The molecule has 1 aliphatic rings. The Kier molecular flexibility index (Phi) is 8.51. The van der Waals surface area contributed by atoms with E-state index < -0.39 is 0 Å². The molecule has 1 aromatic carbocycles. The van der Waals surface area contributed by atoms with E-state index in [1.165, 1.54) is 25.9 Å². The van der Waals surface area contributed by atoms with Gasteiger partial charge in [-0.15, -0.1) is 0 Å². The van der Waals surface area contributed by atoms with Crippen LogP contribution in [0.5, 0.6) is 0 Å². The highest BCUT2D eigenvalue weighted by Crippen LogP contribution is 2.17. The zero-order chi connectivity index (χ0) is 21.3. The molecular weight excluding hydrogens is 446 g/mol. The van der Waals surface area contributed by atoms with Crippen LogP contribution in [-0.4, -0.2) is 42.9 Å². The summed E-state index contributed by atoms with van der Waals surface area (Å²) in [5.74, 6) is 0.814. The fourth-order valence-electron chi connectivity index (χ4n) is 3.56. The van der Waals surface area contributed by atoms with E-state index in [-0.39, 0.29) is 17.6 Å². The number of furan rings is 1. The number of hydrogen-bond acceptors (Lipinski definition) is 4. The summed E-state index contributed by atoms with van der Waals surface area (Å²) >= 11 is 3.18. The minimum Gasteiger partial charge on any atom is -0.444 e. The normalized spacial score (nSPS) is 15.1. The molecule has 1 aromatic heterocycles. The lowest BCUT2D eigenvalue weighted by Gasteiger charge is -2.30. The van der Waals surface area contributed by atoms with Crippen molar-refractivity contribution in [3.8, 4) is 0 Å². The Bertz CT molecular complexity index is 826. The van der Waals surface area contributed by atoms with Crippen molar-refractivity contribution in [1.29, 1.82) is 0 Å². The smallest absolute Gasteiger partial charge is 0.291 e. The number of halogens is 1. The van der Waals surface area contributed by atoms with Crippen LogP contribution in [-0.2, 0) is 11.2 Å². The summed E-state index contributed by atoms with van der Waals surface area (Å²) < 4.78 is 5.75. The first kappa shape index (κ1) is 22.6. The molecule has 1 fully saturated rings. The van der Waals surface area contributed by atoms with Gasteiger partial charge in [0.15, 0.2) is 10.4 Å². The van der Waals surface area contributed by atoms with E-state index >= 15 is 0 Å². The summed E-state index contributed by atoms with van der Waals surface area (Å²) in [4.78, 5) is 26.8. The van der Waals surface area contributed by atoms with Gasteiger partial charge in [0.05, 0.1) is 6.42 Å². The number of benzene rings is 1. The van der Waals surface area contributed by atoms with E-state index in [0.29, 0.717) is 16.8 Å². The molecule has 0 radical (unpaired) electrons. The van der Waals surface area contributed by atoms with Crippen LogP contribution < -0.4 is 10.6 Å². The van der Waals surface area contributed by atoms with Crippen molar-refractivity contribution in [2.45, 2.75) is 39.0 Å². The van der Waals surface area contributed by atoms with Gasteiger partial charge in [-0.1, -0.05) is 19.1 Å². The number of nitrogens with one attached hydrogen (secondary N) is 2. The Balaban J connectivity index is 1.31. The van der Waals surface area contributed by atoms with Crippen molar-refractivity contribution in [3.05, 3.63) is 52.4 Å². The topological polar surface area (TPSA) is 74.6 Å². The fraction of sp³-hybridized carbons (Fsp3) is 0.478. The van der Waals surface area contributed by atoms with Crippen molar-refractivity contribution in [1.82, 2.24) is 10.2 Å². The third-order valence-electron chi connectivity index (χ3n) is 5.47. The molecule has 2 heterocycles. The van der Waals surface area contributed by atoms with E-state index in [4.69, 9.17) is 4.42 Å². The maximum absolute atomic E-state index is 12.2. The molecule has 7 heteroatoms. The molecule has 0 saturated carbocycles. The minimum atomic E-state index is -0.315. The van der Waals surface area contributed by atoms with Gasteiger partial charge in [0.25, 0.3) is 5.91 Å². The minimum absolute atomic E-state index is 0.0269. The Morgan fingerprint density at radius 3 is 2.50 bits per heavy atom. The largest absolute Gasteiger partial charge is 0.444 e. The summed E-state index contributed by atoms with van der Waals surface area (Å²) in [6, 6.07) is 10.6. The van der Waals surface area contributed by atoms with E-state index in [1.807, 2.05) is 12.1 Å². The number of amides is 2. The number of piperidine rings is 1. The van der Waals surface area contributed by atoms with Gasteiger partial charge < -0.3 is 20.0 Å². The standard InChI is InChI=1S/C23H30BrN3O3/c1-17-10-14-27(15-11-17)13-3-2-12-25-22(28)16-18-4-6-19(7-5-18)26-23(29)20-8-9-21(24)30-20/h4-9,17H,2-3,10-16H2,1H3,(H,25,28)(H,26,29). The van der Waals surface area contributed by atoms with E-state index in [0.717, 1.165) is 37.4 Å². The van der Waals surface area contributed by atoms with Crippen molar-refractivity contribution in [2.24, 2.45) is 5.92 Å². The van der Waals surface area contributed by atoms with E-state index in [1.54, 1.807) is 24.3 Å². The molecule has 3 rings (SSSR count). The quantitative estimate of drug-likeness (QED) is 0.524. The number of unbranched alkanes of at least 4 members (excludes halogenated alkanes) is 1. The molecule has 6 nitrogen and oxygen atoms in total. The molecular formula is C23H30BrN3O3. The first-order chi connectivity index (χ1) is 14.5. The van der Waals surface area contributed by atoms with Crippen molar-refractivity contribution in [2.75, 3.05) is 31.5 Å². The molecule has 1 aliphatic heterocycles. The summed E-state index contributed by atoms with van der Waals surface area (Å²) in [5.41, 5.74) is 1.57. The van der Waals surface area contributed by atoms with Gasteiger partial charge in [-0.25, -0.2) is 0 Å². The van der Waals surface area contributed by atoms with Gasteiger partial charge in [-0.2, -0.15) is 0 Å². The highest BCUT2D eigenvalue weighted by atomic mass is 79.9. The van der Waals surface area contributed by atoms with Crippen LogP contribution in [0.4, 0.5) is 5.69 Å². The average Bonchev–Trinajstić information content (AvgIpc) is 3.17. The lowest BCUT2D eigenvalue weighted by atomic mass is 9.99. The van der Waals surface area contributed by atoms with Crippen LogP contribution >= 0.6 is 15.9 Å². The second-order valence-corrected chi connectivity index (χ2v) is 8.79. The summed E-state index contributed by atoms with van der Waals surface area (Å²) in [6.07, 6.45) is 5.07. The first-order valence-corrected chi connectivity index (χ1v) is 11.4. The maximum Gasteiger partial charge on any atom is 0.291 e. The first-order valence-electron chi connectivity index (χ1n) is 10.6. The summed E-state index contributed by atoms with van der Waals surface area (Å²) in [5, 5.41) is 5.77. The van der Waals surface area contributed by atoms with Gasteiger partial charge in [0.2, 0.25) is 5.91 Å². The van der Waals surface area contributed by atoms with E-state index in [2.05, 4.69) is 38.4 Å². The number of anilines is 1. The number of carbonyl (C=O) groups excluding carboxylic acids is 2. The predicted octanol–water partition coefficient (Wildman–Crippen LogP) is 4.47. The monoisotopic (exact) mass is 475 g/mol. The Morgan fingerprint density at radius 2 is 1.83 bits per heavy atom. The molecule has 162 valence electrons. The van der Waals surface area contributed by atoms with Crippen LogP contribution in [0.2, 0.25) is 0 Å². The molecule has 1 saturated heterocycles. The molecule has 30 heavy (non-hydrogen) atoms. The molecule has 0 atom stereocenters. The molecule has 0 bridgehead atoms. The summed E-state index contributed by atoms with van der Waals surface area (Å²) in [6.45, 7) is 6.60. The number of rotatable bonds is 9. The second kappa shape index (κ2) is 11.3. The van der Waals surface area contributed by atoms with E-state index in [9.17, 15) is 9.59 Å². The number of nitrogens with zero attached hydrogens (tertiary/aromatic N) is 1. The van der Waals surface area contributed by atoms with Gasteiger partial charge in [0, 0.05) is 12.2 Å². The van der Waals surface area contributed by atoms with Gasteiger partial charge in [0.1, 0.15) is 0 Å².